The van der Waals surface area contributed by atoms with E-state index in [2.05, 4.69) is 29.8 Å². The summed E-state index contributed by atoms with van der Waals surface area (Å²) in [6, 6.07) is 0. The Labute approximate surface area is 58.5 Å². The molecule has 0 aromatic rings. The van der Waals surface area contributed by atoms with Crippen molar-refractivity contribution >= 4 is 47.9 Å². The van der Waals surface area contributed by atoms with Crippen LogP contribution in [0.3, 0.4) is 0 Å². The normalized spacial score (nSPS) is 8.67. The molecule has 0 unspecified atom stereocenters. The third-order valence-corrected chi connectivity index (χ3v) is 3.25. The van der Waals surface area contributed by atoms with Crippen LogP contribution < -0.4 is 0 Å². The maximum atomic E-state index is 2.25. The number of hydrogen-bond donors (Lipinski definition) is 0. The first-order chi connectivity index (χ1) is 2.91. The zero-order valence-corrected chi connectivity index (χ0v) is 9.53. The summed E-state index contributed by atoms with van der Waals surface area (Å²) in [5.41, 5.74) is 0. The molecule has 6 heavy (non-hydrogen) atoms. The molecule has 0 bridgehead atoms. The van der Waals surface area contributed by atoms with Crippen LogP contribution in [0.1, 0.15) is 0 Å². The van der Waals surface area contributed by atoms with Crippen molar-refractivity contribution in [1.82, 2.24) is 0 Å². The van der Waals surface area contributed by atoms with Gasteiger partial charge in [0.1, 0.15) is 0 Å². The van der Waals surface area contributed by atoms with Crippen LogP contribution in [0, 0.1) is 0 Å². The van der Waals surface area contributed by atoms with Crippen molar-refractivity contribution in [2.24, 2.45) is 0 Å². The number of rotatable bonds is 2. The Morgan fingerprint density at radius 3 is 2.33 bits per heavy atom. The molecule has 5 radical (unpaired) electrons. The van der Waals surface area contributed by atoms with Gasteiger partial charge in [-0.2, -0.15) is 0 Å². The van der Waals surface area contributed by atoms with Crippen molar-refractivity contribution in [3.8, 4) is 0 Å². The molecule has 0 nitrogen and oxygen atoms in total. The molecular weight excluding hydrogens is 254 g/mol. The van der Waals surface area contributed by atoms with E-state index in [1.54, 1.807) is 0 Å². The molecule has 0 aliphatic heterocycles. The summed E-state index contributed by atoms with van der Waals surface area (Å²) in [5, 5.41) is 0. The Kier molecular flexibility index (Phi) is 7.53. The minimum absolute atomic E-state index is 0.286. The summed E-state index contributed by atoms with van der Waals surface area (Å²) >= 11 is 4.58. The van der Waals surface area contributed by atoms with Crippen molar-refractivity contribution < 1.29 is 0 Å². The van der Waals surface area contributed by atoms with Gasteiger partial charge in [0, 0.05) is 0 Å². The van der Waals surface area contributed by atoms with Crippen LogP contribution in [0.5, 0.6) is 0 Å². The van der Waals surface area contributed by atoms with Gasteiger partial charge < -0.3 is 0 Å². The summed E-state index contributed by atoms with van der Waals surface area (Å²) in [4.78, 5) is 4.31. The predicted molar refractivity (Wildman–Crippen MR) is 32.5 cm³/mol. The Balaban J connectivity index is 3.17. The molecule has 0 heterocycles. The monoisotopic (exact) mass is 261 g/mol. The van der Waals surface area contributed by atoms with Gasteiger partial charge in [-0.15, -0.1) is 0 Å². The Hall–Kier alpha value is 1.24. The fourth-order valence-corrected chi connectivity index (χ4v) is 2.60. The summed E-state index contributed by atoms with van der Waals surface area (Å²) < 4.78 is 0. The van der Waals surface area contributed by atoms with Gasteiger partial charge in [0.05, 0.1) is 0 Å². The number of allylic oxidation sites excluding steroid dienone is 1. The Morgan fingerprint density at radius 1 is 1.50 bits per heavy atom. The van der Waals surface area contributed by atoms with Crippen molar-refractivity contribution in [3.05, 3.63) is 11.0 Å². The molecule has 0 aliphatic rings. The van der Waals surface area contributed by atoms with Gasteiger partial charge in [-0.3, -0.25) is 0 Å². The van der Waals surface area contributed by atoms with Crippen LogP contribution in [0.4, 0.5) is 0 Å². The van der Waals surface area contributed by atoms with Gasteiger partial charge >= 0.3 is 58.8 Å². The molecule has 0 spiro atoms. The number of hydrogen-bond acceptors (Lipinski definition) is 0. The quantitative estimate of drug-likeness (QED) is 0.571. The van der Waals surface area contributed by atoms with E-state index in [9.17, 15) is 0 Å². The summed E-state index contributed by atoms with van der Waals surface area (Å²) in [5.74, 6) is 0. The van der Waals surface area contributed by atoms with Gasteiger partial charge in [0.25, 0.3) is 0 Å². The molecule has 27 valence electrons. The van der Waals surface area contributed by atoms with Crippen molar-refractivity contribution in [3.63, 3.8) is 0 Å². The molecule has 3 heteroatoms. The molecule has 0 aliphatic carbocycles. The molecule has 0 rings (SSSR count). The topological polar surface area (TPSA) is 0 Å². The molecular formula is C3H3Ge3. The van der Waals surface area contributed by atoms with E-state index in [4.69, 9.17) is 0 Å². The van der Waals surface area contributed by atoms with Gasteiger partial charge in [0.15, 0.2) is 0 Å². The zero-order valence-electron chi connectivity index (χ0n) is 3.23. The van der Waals surface area contributed by atoms with Gasteiger partial charge in [-0.25, -0.2) is 0 Å². The fourth-order valence-electron chi connectivity index (χ4n) is 0.0962. The minimum atomic E-state index is 0.286. The summed E-state index contributed by atoms with van der Waals surface area (Å²) in [7, 11) is 0. The molecule has 0 saturated carbocycles. The van der Waals surface area contributed by atoms with Gasteiger partial charge in [-0.05, 0) is 0 Å². The standard InChI is InChI=1S/C3H3Ge3/c4-2-1-3-6-5/h1-3H/b3-1-. The van der Waals surface area contributed by atoms with Crippen LogP contribution in [-0.2, 0) is 0 Å². The molecule has 0 saturated heterocycles. The van der Waals surface area contributed by atoms with Gasteiger partial charge in [0.2, 0.25) is 0 Å². The SMILES string of the molecule is [Ge]=[CH]/C=[CH]\[Ge]=[Ge]. The summed E-state index contributed by atoms with van der Waals surface area (Å²) in [6.07, 6.45) is 2.11. The molecule has 0 atom stereocenters. The summed E-state index contributed by atoms with van der Waals surface area (Å²) in [6.45, 7) is 0. The van der Waals surface area contributed by atoms with E-state index in [1.807, 2.05) is 16.1 Å². The van der Waals surface area contributed by atoms with E-state index in [0.717, 1.165) is 0 Å². The van der Waals surface area contributed by atoms with E-state index in [-0.39, 0.29) is 12.9 Å². The van der Waals surface area contributed by atoms with Gasteiger partial charge in [-0.1, -0.05) is 0 Å². The molecule has 0 aromatic heterocycles. The second-order valence-electron chi connectivity index (χ2n) is 0.670. The fraction of sp³-hybridized carbons (Fsp3) is 0. The first kappa shape index (κ1) is 7.24. The molecule has 0 amide bonds. The van der Waals surface area contributed by atoms with Crippen LogP contribution in [-0.4, -0.2) is 47.9 Å². The Morgan fingerprint density at radius 2 is 2.17 bits per heavy atom. The van der Waals surface area contributed by atoms with Crippen molar-refractivity contribution in [2.45, 2.75) is 0 Å². The Bertz CT molecular complexity index is 64.1. The third kappa shape index (κ3) is 5.24. The first-order valence-corrected chi connectivity index (χ1v) is 10.4. The molecule has 0 fully saturated rings. The second kappa shape index (κ2) is 6.24. The molecule has 0 N–H and O–H groups in total. The van der Waals surface area contributed by atoms with E-state index >= 15 is 0 Å². The molecule has 0 aromatic carbocycles. The van der Waals surface area contributed by atoms with Crippen LogP contribution in [0.25, 0.3) is 0 Å². The van der Waals surface area contributed by atoms with E-state index < -0.39 is 0 Å². The second-order valence-corrected chi connectivity index (χ2v) is 5.82. The zero-order chi connectivity index (χ0) is 4.83. The maximum absolute atomic E-state index is 2.25. The van der Waals surface area contributed by atoms with Crippen LogP contribution in [0.15, 0.2) is 11.0 Å². The van der Waals surface area contributed by atoms with Crippen molar-refractivity contribution in [2.75, 3.05) is 0 Å². The van der Waals surface area contributed by atoms with Crippen LogP contribution >= 0.6 is 0 Å². The average molecular weight is 257 g/mol. The van der Waals surface area contributed by atoms with Crippen molar-refractivity contribution in [1.29, 1.82) is 0 Å². The third-order valence-electron chi connectivity index (χ3n) is 0.276. The van der Waals surface area contributed by atoms with E-state index in [0.29, 0.717) is 0 Å². The first-order valence-electron chi connectivity index (χ1n) is 1.49. The van der Waals surface area contributed by atoms with E-state index in [1.165, 1.54) is 0 Å². The average Bonchev–Trinajstić information content (AvgIpc) is 1.61. The van der Waals surface area contributed by atoms with Crippen LogP contribution in [0.2, 0.25) is 0 Å². The predicted octanol–water partition coefficient (Wildman–Crippen LogP) is -0.742.